The Kier molecular flexibility index (Phi) is 5.44. The van der Waals surface area contributed by atoms with Crippen LogP contribution in [0.5, 0.6) is 0 Å². The molecule has 1 unspecified atom stereocenters. The molecule has 0 saturated heterocycles. The van der Waals surface area contributed by atoms with Gasteiger partial charge in [0.05, 0.1) is 12.8 Å². The van der Waals surface area contributed by atoms with Gasteiger partial charge in [0, 0.05) is 24.8 Å². The quantitative estimate of drug-likeness (QED) is 0.552. The number of nitrogens with zero attached hydrogens (tertiary/aromatic N) is 1. The van der Waals surface area contributed by atoms with Crippen molar-refractivity contribution in [1.29, 1.82) is 0 Å². The number of rotatable bonds is 7. The SMILES string of the molecule is NC(CNCCO)c1cccc(NC(=O)c2ncco2)c1. The van der Waals surface area contributed by atoms with Gasteiger partial charge in [0.15, 0.2) is 0 Å². The molecule has 0 bridgehead atoms. The Morgan fingerprint density at radius 3 is 3.05 bits per heavy atom. The Morgan fingerprint density at radius 1 is 1.48 bits per heavy atom. The van der Waals surface area contributed by atoms with Crippen molar-refractivity contribution in [3.05, 3.63) is 48.2 Å². The number of carbonyl (C=O) groups is 1. The first-order valence-electron chi connectivity index (χ1n) is 6.58. The molecule has 112 valence electrons. The van der Waals surface area contributed by atoms with Crippen molar-refractivity contribution in [1.82, 2.24) is 10.3 Å². The van der Waals surface area contributed by atoms with Crippen molar-refractivity contribution in [2.75, 3.05) is 25.0 Å². The molecule has 5 N–H and O–H groups in total. The Morgan fingerprint density at radius 2 is 2.33 bits per heavy atom. The molecule has 0 fully saturated rings. The van der Waals surface area contributed by atoms with Crippen LogP contribution in [0.4, 0.5) is 5.69 Å². The molecular formula is C14H18N4O3. The molecule has 1 amide bonds. The largest absolute Gasteiger partial charge is 0.441 e. The number of anilines is 1. The number of nitrogens with two attached hydrogens (primary N) is 1. The van der Waals surface area contributed by atoms with Gasteiger partial charge in [0.25, 0.3) is 5.89 Å². The van der Waals surface area contributed by atoms with Crippen molar-refractivity contribution < 1.29 is 14.3 Å². The molecule has 0 aliphatic carbocycles. The van der Waals surface area contributed by atoms with E-state index in [0.29, 0.717) is 18.8 Å². The van der Waals surface area contributed by atoms with E-state index in [2.05, 4.69) is 15.6 Å². The van der Waals surface area contributed by atoms with E-state index in [9.17, 15) is 4.79 Å². The maximum Gasteiger partial charge on any atom is 0.311 e. The van der Waals surface area contributed by atoms with E-state index in [1.807, 2.05) is 12.1 Å². The van der Waals surface area contributed by atoms with Gasteiger partial charge in [-0.05, 0) is 17.7 Å². The summed E-state index contributed by atoms with van der Waals surface area (Å²) in [5, 5.41) is 14.4. The lowest BCUT2D eigenvalue weighted by Crippen LogP contribution is -2.29. The maximum atomic E-state index is 11.8. The number of aromatic nitrogens is 1. The first-order chi connectivity index (χ1) is 10.2. The lowest BCUT2D eigenvalue weighted by atomic mass is 10.1. The lowest BCUT2D eigenvalue weighted by molar-refractivity contribution is 0.0990. The minimum Gasteiger partial charge on any atom is -0.441 e. The highest BCUT2D eigenvalue weighted by Gasteiger charge is 2.12. The van der Waals surface area contributed by atoms with Gasteiger partial charge in [-0.3, -0.25) is 4.79 Å². The Balaban J connectivity index is 1.98. The van der Waals surface area contributed by atoms with Crippen LogP contribution in [0.1, 0.15) is 22.3 Å². The molecule has 0 spiro atoms. The minimum absolute atomic E-state index is 0.00862. The summed E-state index contributed by atoms with van der Waals surface area (Å²) < 4.78 is 4.93. The summed E-state index contributed by atoms with van der Waals surface area (Å²) >= 11 is 0. The predicted octanol–water partition coefficient (Wildman–Crippen LogP) is 0.509. The zero-order valence-electron chi connectivity index (χ0n) is 11.5. The van der Waals surface area contributed by atoms with Crippen LogP contribution in [0.2, 0.25) is 0 Å². The highest BCUT2D eigenvalue weighted by atomic mass is 16.3. The molecule has 0 aliphatic rings. The van der Waals surface area contributed by atoms with Crippen molar-refractivity contribution in [3.63, 3.8) is 0 Å². The molecule has 1 heterocycles. The smallest absolute Gasteiger partial charge is 0.311 e. The fourth-order valence-corrected chi connectivity index (χ4v) is 1.82. The van der Waals surface area contributed by atoms with Crippen molar-refractivity contribution in [2.45, 2.75) is 6.04 Å². The van der Waals surface area contributed by atoms with Crippen LogP contribution in [0.3, 0.4) is 0 Å². The number of hydrogen-bond donors (Lipinski definition) is 4. The number of hydrogen-bond acceptors (Lipinski definition) is 6. The van der Waals surface area contributed by atoms with Crippen molar-refractivity contribution >= 4 is 11.6 Å². The Bertz CT molecular complexity index is 571. The standard InChI is InChI=1S/C14H18N4O3/c15-12(9-16-4-6-19)10-2-1-3-11(8-10)18-13(20)14-17-5-7-21-14/h1-3,5,7-8,12,16,19H,4,6,9,15H2,(H,18,20). The van der Waals surface area contributed by atoms with Gasteiger partial charge in [-0.2, -0.15) is 0 Å². The molecule has 0 radical (unpaired) electrons. The van der Waals surface area contributed by atoms with Crippen molar-refractivity contribution in [2.24, 2.45) is 5.73 Å². The van der Waals surface area contributed by atoms with Crippen LogP contribution in [-0.2, 0) is 0 Å². The van der Waals surface area contributed by atoms with E-state index in [0.717, 1.165) is 5.56 Å². The zero-order valence-corrected chi connectivity index (χ0v) is 11.5. The number of amides is 1. The second-order valence-electron chi connectivity index (χ2n) is 4.45. The molecule has 2 aromatic rings. The van der Waals surface area contributed by atoms with Gasteiger partial charge in [-0.1, -0.05) is 12.1 Å². The summed E-state index contributed by atoms with van der Waals surface area (Å²) in [7, 11) is 0. The summed E-state index contributed by atoms with van der Waals surface area (Å²) in [5.41, 5.74) is 7.54. The average molecular weight is 290 g/mol. The number of carbonyl (C=O) groups excluding carboxylic acids is 1. The average Bonchev–Trinajstić information content (AvgIpc) is 3.02. The lowest BCUT2D eigenvalue weighted by Gasteiger charge is -2.14. The third kappa shape index (κ3) is 4.38. The van der Waals surface area contributed by atoms with Crippen LogP contribution >= 0.6 is 0 Å². The van der Waals surface area contributed by atoms with E-state index in [-0.39, 0.29) is 18.5 Å². The number of aliphatic hydroxyl groups excluding tert-OH is 1. The first-order valence-corrected chi connectivity index (χ1v) is 6.58. The van der Waals surface area contributed by atoms with Gasteiger partial charge in [0.1, 0.15) is 6.26 Å². The topological polar surface area (TPSA) is 113 Å². The van der Waals surface area contributed by atoms with Gasteiger partial charge in [-0.25, -0.2) is 4.98 Å². The van der Waals surface area contributed by atoms with Gasteiger partial charge in [0.2, 0.25) is 0 Å². The van der Waals surface area contributed by atoms with Crippen LogP contribution in [0, 0.1) is 0 Å². The summed E-state index contributed by atoms with van der Waals surface area (Å²) in [6.07, 6.45) is 2.75. The second-order valence-corrected chi connectivity index (χ2v) is 4.45. The predicted molar refractivity (Wildman–Crippen MR) is 77.8 cm³/mol. The van der Waals surface area contributed by atoms with Crippen molar-refractivity contribution in [3.8, 4) is 0 Å². The first kappa shape index (κ1) is 15.2. The van der Waals surface area contributed by atoms with E-state index < -0.39 is 5.91 Å². The monoisotopic (exact) mass is 290 g/mol. The normalized spacial score (nSPS) is 12.1. The molecule has 7 heteroatoms. The number of aliphatic hydroxyl groups is 1. The van der Waals surface area contributed by atoms with E-state index in [1.165, 1.54) is 12.5 Å². The fraction of sp³-hybridized carbons (Fsp3) is 0.286. The van der Waals surface area contributed by atoms with Crippen LogP contribution < -0.4 is 16.4 Å². The van der Waals surface area contributed by atoms with Gasteiger partial charge >= 0.3 is 5.91 Å². The molecule has 0 saturated carbocycles. The van der Waals surface area contributed by atoms with E-state index >= 15 is 0 Å². The molecule has 1 aromatic heterocycles. The third-order valence-corrected chi connectivity index (χ3v) is 2.85. The Hall–Kier alpha value is -2.22. The van der Waals surface area contributed by atoms with Gasteiger partial charge in [-0.15, -0.1) is 0 Å². The second kappa shape index (κ2) is 7.53. The molecule has 7 nitrogen and oxygen atoms in total. The van der Waals surface area contributed by atoms with Gasteiger partial charge < -0.3 is 25.9 Å². The zero-order chi connectivity index (χ0) is 15.1. The minimum atomic E-state index is -0.413. The molecule has 21 heavy (non-hydrogen) atoms. The Labute approximate surface area is 122 Å². The fourth-order valence-electron chi connectivity index (χ4n) is 1.82. The van der Waals surface area contributed by atoms with Crippen LogP contribution in [0.15, 0.2) is 41.1 Å². The van der Waals surface area contributed by atoms with E-state index in [1.54, 1.807) is 12.1 Å². The number of benzene rings is 1. The number of nitrogens with one attached hydrogen (secondary N) is 2. The number of oxazole rings is 1. The van der Waals surface area contributed by atoms with Crippen LogP contribution in [0.25, 0.3) is 0 Å². The third-order valence-electron chi connectivity index (χ3n) is 2.85. The molecule has 1 aromatic carbocycles. The molecule has 1 atom stereocenters. The summed E-state index contributed by atoms with van der Waals surface area (Å²) in [5.74, 6) is -0.404. The van der Waals surface area contributed by atoms with E-state index in [4.69, 9.17) is 15.3 Å². The van der Waals surface area contributed by atoms with Crippen LogP contribution in [-0.4, -0.2) is 35.7 Å². The highest BCUT2D eigenvalue weighted by Crippen LogP contribution is 2.16. The summed E-state index contributed by atoms with van der Waals surface area (Å²) in [6, 6.07) is 7.03. The molecular weight excluding hydrogens is 272 g/mol. The summed E-state index contributed by atoms with van der Waals surface area (Å²) in [6.45, 7) is 1.10. The molecule has 2 rings (SSSR count). The molecule has 0 aliphatic heterocycles. The maximum absolute atomic E-state index is 11.8. The summed E-state index contributed by atoms with van der Waals surface area (Å²) in [4.78, 5) is 15.6. The highest BCUT2D eigenvalue weighted by molar-refractivity contribution is 6.00.